The van der Waals surface area contributed by atoms with E-state index in [-0.39, 0.29) is 5.82 Å². The van der Waals surface area contributed by atoms with Gasteiger partial charge in [-0.05, 0) is 25.8 Å². The van der Waals surface area contributed by atoms with E-state index in [1.807, 2.05) is 0 Å². The van der Waals surface area contributed by atoms with Crippen LogP contribution in [0, 0.1) is 6.92 Å². The molecule has 1 saturated heterocycles. The van der Waals surface area contributed by atoms with E-state index in [1.54, 1.807) is 13.0 Å². The number of halogens is 2. The van der Waals surface area contributed by atoms with Crippen LogP contribution in [-0.2, 0) is 0 Å². The predicted octanol–water partition coefficient (Wildman–Crippen LogP) is 1.55. The maximum Gasteiger partial charge on any atom is 0.292 e. The second-order valence-electron chi connectivity index (χ2n) is 5.89. The minimum absolute atomic E-state index is 0.0915. The molecule has 1 spiro atoms. The number of rotatable bonds is 1. The molecule has 114 valence electrons. The third kappa shape index (κ3) is 2.10. The van der Waals surface area contributed by atoms with Crippen molar-refractivity contribution < 1.29 is 18.7 Å². The third-order valence-corrected chi connectivity index (χ3v) is 4.52. The van der Waals surface area contributed by atoms with Gasteiger partial charge in [-0.3, -0.25) is 4.79 Å². The molecule has 0 radical (unpaired) electrons. The zero-order valence-corrected chi connectivity index (χ0v) is 11.7. The van der Waals surface area contributed by atoms with Crippen molar-refractivity contribution >= 4 is 5.91 Å². The summed E-state index contributed by atoms with van der Waals surface area (Å²) in [6.07, 6.45) is 1.85. The summed E-state index contributed by atoms with van der Waals surface area (Å²) in [4.78, 5) is 21.5. The lowest BCUT2D eigenvalue weighted by molar-refractivity contribution is -0.0959. The number of aliphatic hydroxyl groups is 1. The molecule has 5 nitrogen and oxygen atoms in total. The number of hydrogen-bond donors (Lipinski definition) is 1. The molecule has 7 heteroatoms. The van der Waals surface area contributed by atoms with Gasteiger partial charge >= 0.3 is 0 Å². The molecule has 21 heavy (non-hydrogen) atoms. The summed E-state index contributed by atoms with van der Waals surface area (Å²) in [6, 6.07) is 1.63. The first-order valence-corrected chi connectivity index (χ1v) is 7.04. The van der Waals surface area contributed by atoms with Gasteiger partial charge in [-0.2, -0.15) is 0 Å². The highest BCUT2D eigenvalue weighted by atomic mass is 19.3. The maximum atomic E-state index is 14.0. The topological polar surface area (TPSA) is 66.3 Å². The maximum absolute atomic E-state index is 14.0. The Morgan fingerprint density at radius 1 is 1.43 bits per heavy atom. The van der Waals surface area contributed by atoms with Crippen molar-refractivity contribution in [2.24, 2.45) is 0 Å². The average Bonchev–Trinajstić information content (AvgIpc) is 2.99. The van der Waals surface area contributed by atoms with Gasteiger partial charge in [0.1, 0.15) is 6.10 Å². The number of aryl methyl sites for hydroxylation is 1. The molecule has 1 N–H and O–H groups in total. The number of carbonyl (C=O) groups is 1. The van der Waals surface area contributed by atoms with E-state index in [9.17, 15) is 18.7 Å². The number of likely N-dealkylation sites (tertiary alicyclic amines) is 1. The molecule has 3 rings (SSSR count). The number of alkyl halides is 2. The number of carbonyl (C=O) groups excluding carboxylic acids is 1. The smallest absolute Gasteiger partial charge is 0.292 e. The molecule has 1 unspecified atom stereocenters. The molecule has 0 bridgehead atoms. The first-order valence-electron chi connectivity index (χ1n) is 7.04. The summed E-state index contributed by atoms with van der Waals surface area (Å²) in [5.74, 6) is -4.01. The molecule has 1 aromatic heterocycles. The van der Waals surface area contributed by atoms with Crippen molar-refractivity contribution in [2.75, 3.05) is 6.54 Å². The quantitative estimate of drug-likeness (QED) is 0.854. The second-order valence-corrected chi connectivity index (χ2v) is 5.89. The molecule has 1 amide bonds. The highest BCUT2D eigenvalue weighted by Gasteiger charge is 2.65. The summed E-state index contributed by atoms with van der Waals surface area (Å²) >= 11 is 0. The number of aromatic nitrogens is 2. The van der Waals surface area contributed by atoms with Gasteiger partial charge in [0, 0.05) is 11.9 Å². The minimum atomic E-state index is -3.29. The van der Waals surface area contributed by atoms with Crippen LogP contribution in [0.2, 0.25) is 0 Å². The van der Waals surface area contributed by atoms with Crippen LogP contribution in [0.3, 0.4) is 0 Å². The Morgan fingerprint density at radius 3 is 2.71 bits per heavy atom. The molecule has 1 aromatic rings. The van der Waals surface area contributed by atoms with E-state index in [0.29, 0.717) is 18.5 Å². The van der Waals surface area contributed by atoms with Crippen molar-refractivity contribution in [1.29, 1.82) is 0 Å². The van der Waals surface area contributed by atoms with E-state index in [1.165, 1.54) is 6.20 Å². The number of nitrogens with zero attached hydrogens (tertiary/aromatic N) is 3. The number of hydrogen-bond acceptors (Lipinski definition) is 4. The second kappa shape index (κ2) is 4.69. The van der Waals surface area contributed by atoms with Gasteiger partial charge in [0.25, 0.3) is 11.8 Å². The van der Waals surface area contributed by atoms with Gasteiger partial charge in [0.2, 0.25) is 5.82 Å². The number of amides is 1. The van der Waals surface area contributed by atoms with Crippen molar-refractivity contribution in [1.82, 2.24) is 14.9 Å². The molecular weight excluding hydrogens is 280 g/mol. The molecule has 2 fully saturated rings. The molecule has 1 aliphatic carbocycles. The van der Waals surface area contributed by atoms with Crippen LogP contribution in [0.25, 0.3) is 0 Å². The minimum Gasteiger partial charge on any atom is -0.384 e. The molecule has 1 saturated carbocycles. The molecule has 2 aliphatic rings. The zero-order chi connectivity index (χ0) is 15.3. The first-order chi connectivity index (χ1) is 9.87. The Bertz CT molecular complexity index is 573. The summed E-state index contributed by atoms with van der Waals surface area (Å²) in [5.41, 5.74) is -0.575. The van der Waals surface area contributed by atoms with Gasteiger partial charge in [-0.25, -0.2) is 18.7 Å². The highest BCUT2D eigenvalue weighted by Crippen LogP contribution is 2.49. The Kier molecular flexibility index (Phi) is 3.20. The van der Waals surface area contributed by atoms with Gasteiger partial charge in [0.15, 0.2) is 0 Å². The molecule has 2 heterocycles. The summed E-state index contributed by atoms with van der Waals surface area (Å²) in [6.45, 7) is 0.932. The van der Waals surface area contributed by atoms with Crippen molar-refractivity contribution in [2.45, 2.75) is 50.2 Å². The summed E-state index contributed by atoms with van der Waals surface area (Å²) < 4.78 is 27.9. The monoisotopic (exact) mass is 297 g/mol. The molecule has 0 aromatic carbocycles. The molecule has 1 aliphatic heterocycles. The fraction of sp³-hybridized carbons (Fsp3) is 0.643. The van der Waals surface area contributed by atoms with E-state index in [4.69, 9.17) is 0 Å². The fourth-order valence-corrected chi connectivity index (χ4v) is 3.47. The highest BCUT2D eigenvalue weighted by molar-refractivity contribution is 5.91. The van der Waals surface area contributed by atoms with Crippen LogP contribution in [0.5, 0.6) is 0 Å². The fourth-order valence-electron chi connectivity index (χ4n) is 3.47. The van der Waals surface area contributed by atoms with Gasteiger partial charge < -0.3 is 10.0 Å². The van der Waals surface area contributed by atoms with E-state index in [0.717, 1.165) is 17.7 Å². The van der Waals surface area contributed by atoms with Gasteiger partial charge in [-0.15, -0.1) is 0 Å². The van der Waals surface area contributed by atoms with Crippen molar-refractivity contribution in [3.8, 4) is 0 Å². The van der Waals surface area contributed by atoms with Crippen LogP contribution in [0.4, 0.5) is 8.78 Å². The lowest BCUT2D eigenvalue weighted by Gasteiger charge is -2.36. The lowest BCUT2D eigenvalue weighted by Crippen LogP contribution is -2.52. The normalized spacial score (nSPS) is 26.5. The molecule has 1 atom stereocenters. The Labute approximate surface area is 121 Å². The standard InChI is InChI=1S/C14H17F2N3O2/c1-9-4-7-17-10(18-9)11(20)19-8-14(15,16)12(21)13(19)5-2-3-6-13/h4,7,12,21H,2-3,5-6,8H2,1H3. The van der Waals surface area contributed by atoms with E-state index >= 15 is 0 Å². The van der Waals surface area contributed by atoms with Gasteiger partial charge in [0.05, 0.1) is 12.1 Å². The average molecular weight is 297 g/mol. The van der Waals surface area contributed by atoms with Crippen LogP contribution in [0.1, 0.15) is 42.0 Å². The summed E-state index contributed by atoms with van der Waals surface area (Å²) in [7, 11) is 0. The summed E-state index contributed by atoms with van der Waals surface area (Å²) in [5, 5.41) is 10.0. The molecular formula is C14H17F2N3O2. The van der Waals surface area contributed by atoms with Crippen LogP contribution in [-0.4, -0.2) is 50.0 Å². The van der Waals surface area contributed by atoms with Crippen molar-refractivity contribution in [3.05, 3.63) is 23.8 Å². The van der Waals surface area contributed by atoms with E-state index in [2.05, 4.69) is 9.97 Å². The van der Waals surface area contributed by atoms with Crippen molar-refractivity contribution in [3.63, 3.8) is 0 Å². The predicted molar refractivity (Wildman–Crippen MR) is 70.0 cm³/mol. The third-order valence-electron chi connectivity index (χ3n) is 4.52. The number of aliphatic hydroxyl groups excluding tert-OH is 1. The lowest BCUT2D eigenvalue weighted by atomic mass is 9.90. The first kappa shape index (κ1) is 14.3. The Hall–Kier alpha value is -1.63. The Balaban J connectivity index is 1.98. The van der Waals surface area contributed by atoms with E-state index < -0.39 is 30.0 Å². The zero-order valence-electron chi connectivity index (χ0n) is 11.7. The Morgan fingerprint density at radius 2 is 2.10 bits per heavy atom. The van der Waals surface area contributed by atoms with Crippen LogP contribution < -0.4 is 0 Å². The van der Waals surface area contributed by atoms with Crippen LogP contribution >= 0.6 is 0 Å². The van der Waals surface area contributed by atoms with Gasteiger partial charge in [-0.1, -0.05) is 12.8 Å². The largest absolute Gasteiger partial charge is 0.384 e. The van der Waals surface area contributed by atoms with Crippen LogP contribution in [0.15, 0.2) is 12.3 Å². The SMILES string of the molecule is Cc1ccnc(C(=O)N2CC(F)(F)C(O)C23CCCC3)n1.